The Hall–Kier alpha value is -0.860. The molecular weight excluding hydrogens is 375 g/mol. The minimum atomic E-state index is -3.83. The maximum Gasteiger partial charge on any atom is 0.243 e. The third-order valence-electron chi connectivity index (χ3n) is 4.25. The van der Waals surface area contributed by atoms with Crippen molar-refractivity contribution in [3.63, 3.8) is 0 Å². The molecule has 0 aromatic heterocycles. The molecule has 0 unspecified atom stereocenters. The standard InChI is InChI=1S/C15H18Cl2N2O4S/c16-11-8-12(17)10-13(9-11)24(21,22)19-3-1-2-14(19)15(20)18-4-6-23-7-5-18/h8-10,14H,1-7H2/t14-/m1/s1. The summed E-state index contributed by atoms with van der Waals surface area (Å²) < 4.78 is 32.4. The maximum absolute atomic E-state index is 12.9. The van der Waals surface area contributed by atoms with Gasteiger partial charge in [0.1, 0.15) is 6.04 Å². The van der Waals surface area contributed by atoms with E-state index in [2.05, 4.69) is 0 Å². The highest BCUT2D eigenvalue weighted by Gasteiger charge is 2.41. The summed E-state index contributed by atoms with van der Waals surface area (Å²) in [5.74, 6) is -0.160. The summed E-state index contributed by atoms with van der Waals surface area (Å²) in [5, 5.41) is 0.493. The number of hydrogen-bond acceptors (Lipinski definition) is 4. The van der Waals surface area contributed by atoms with Crippen molar-refractivity contribution in [2.75, 3.05) is 32.8 Å². The highest BCUT2D eigenvalue weighted by Crippen LogP contribution is 2.30. The number of ether oxygens (including phenoxy) is 1. The smallest absolute Gasteiger partial charge is 0.243 e. The van der Waals surface area contributed by atoms with Crippen LogP contribution in [0.1, 0.15) is 12.8 Å². The van der Waals surface area contributed by atoms with Gasteiger partial charge in [0.05, 0.1) is 18.1 Å². The molecule has 0 aliphatic carbocycles. The first kappa shape index (κ1) is 17.9. The second-order valence-electron chi connectivity index (χ2n) is 5.82. The van der Waals surface area contributed by atoms with Crippen LogP contribution in [0, 0.1) is 0 Å². The van der Waals surface area contributed by atoms with Crippen molar-refractivity contribution in [2.45, 2.75) is 23.8 Å². The summed E-state index contributed by atoms with van der Waals surface area (Å²) in [6.45, 7) is 2.26. The Balaban J connectivity index is 1.87. The van der Waals surface area contributed by atoms with Gasteiger partial charge in [-0.25, -0.2) is 8.42 Å². The molecule has 0 spiro atoms. The van der Waals surface area contributed by atoms with E-state index in [1.54, 1.807) is 4.90 Å². The number of nitrogens with zero attached hydrogens (tertiary/aromatic N) is 2. The summed E-state index contributed by atoms with van der Waals surface area (Å²) in [5.41, 5.74) is 0. The highest BCUT2D eigenvalue weighted by molar-refractivity contribution is 7.89. The van der Waals surface area contributed by atoms with E-state index in [9.17, 15) is 13.2 Å². The third-order valence-corrected chi connectivity index (χ3v) is 6.58. The van der Waals surface area contributed by atoms with Crippen molar-refractivity contribution in [2.24, 2.45) is 0 Å². The monoisotopic (exact) mass is 392 g/mol. The molecule has 6 nitrogen and oxygen atoms in total. The Labute approximate surface area is 151 Å². The van der Waals surface area contributed by atoms with Crippen LogP contribution in [-0.4, -0.2) is 62.4 Å². The maximum atomic E-state index is 12.9. The third kappa shape index (κ3) is 3.55. The van der Waals surface area contributed by atoms with Crippen LogP contribution in [0.25, 0.3) is 0 Å². The van der Waals surface area contributed by atoms with Gasteiger partial charge in [-0.3, -0.25) is 4.79 Å². The first-order valence-corrected chi connectivity index (χ1v) is 9.93. The van der Waals surface area contributed by atoms with Gasteiger partial charge in [-0.1, -0.05) is 23.2 Å². The van der Waals surface area contributed by atoms with E-state index in [1.165, 1.54) is 22.5 Å². The largest absolute Gasteiger partial charge is 0.378 e. The van der Waals surface area contributed by atoms with E-state index < -0.39 is 16.1 Å². The van der Waals surface area contributed by atoms with Crippen LogP contribution in [0.4, 0.5) is 0 Å². The molecule has 24 heavy (non-hydrogen) atoms. The molecule has 0 N–H and O–H groups in total. The fraction of sp³-hybridized carbons (Fsp3) is 0.533. The van der Waals surface area contributed by atoms with Gasteiger partial charge in [0.15, 0.2) is 0 Å². The van der Waals surface area contributed by atoms with Crippen molar-refractivity contribution in [3.05, 3.63) is 28.2 Å². The normalized spacial score (nSPS) is 22.8. The fourth-order valence-corrected chi connectivity index (χ4v) is 5.46. The Morgan fingerprint density at radius 2 is 1.71 bits per heavy atom. The van der Waals surface area contributed by atoms with Crippen LogP contribution in [0.3, 0.4) is 0 Å². The SMILES string of the molecule is O=C([C@H]1CCCN1S(=O)(=O)c1cc(Cl)cc(Cl)c1)N1CCOCC1. The molecule has 1 amide bonds. The van der Waals surface area contributed by atoms with Crippen LogP contribution in [0.5, 0.6) is 0 Å². The van der Waals surface area contributed by atoms with Gasteiger partial charge in [-0.05, 0) is 31.0 Å². The lowest BCUT2D eigenvalue weighted by Crippen LogP contribution is -2.50. The number of sulfonamides is 1. The Kier molecular flexibility index (Phi) is 5.36. The number of hydrogen-bond donors (Lipinski definition) is 0. The molecule has 9 heteroatoms. The Bertz CT molecular complexity index is 715. The van der Waals surface area contributed by atoms with Gasteiger partial charge in [0.2, 0.25) is 15.9 Å². The van der Waals surface area contributed by atoms with Gasteiger partial charge in [0.25, 0.3) is 0 Å². The van der Waals surface area contributed by atoms with E-state index in [4.69, 9.17) is 27.9 Å². The number of carbonyl (C=O) groups is 1. The molecule has 2 heterocycles. The predicted molar refractivity (Wildman–Crippen MR) is 90.8 cm³/mol. The first-order chi connectivity index (χ1) is 11.4. The molecule has 3 rings (SSSR count). The van der Waals surface area contributed by atoms with E-state index in [1.807, 2.05) is 0 Å². The van der Waals surface area contributed by atoms with E-state index >= 15 is 0 Å². The lowest BCUT2D eigenvalue weighted by atomic mass is 10.2. The molecule has 0 bridgehead atoms. The molecule has 132 valence electrons. The van der Waals surface area contributed by atoms with Gasteiger partial charge >= 0.3 is 0 Å². The molecular formula is C15H18Cl2N2O4S. The van der Waals surface area contributed by atoms with Crippen LogP contribution >= 0.6 is 23.2 Å². The molecule has 1 atom stereocenters. The Morgan fingerprint density at radius 3 is 2.33 bits per heavy atom. The van der Waals surface area contributed by atoms with Crippen molar-refractivity contribution in [3.8, 4) is 0 Å². The topological polar surface area (TPSA) is 66.9 Å². The molecule has 2 saturated heterocycles. The van der Waals surface area contributed by atoms with Gasteiger partial charge in [-0.15, -0.1) is 0 Å². The van der Waals surface area contributed by atoms with Crippen LogP contribution in [-0.2, 0) is 19.6 Å². The number of amides is 1. The zero-order valence-electron chi connectivity index (χ0n) is 13.0. The van der Waals surface area contributed by atoms with Crippen molar-refractivity contribution < 1.29 is 17.9 Å². The van der Waals surface area contributed by atoms with Gasteiger partial charge in [-0.2, -0.15) is 4.31 Å². The molecule has 0 saturated carbocycles. The van der Waals surface area contributed by atoms with E-state index in [-0.39, 0.29) is 20.8 Å². The second-order valence-corrected chi connectivity index (χ2v) is 8.58. The van der Waals surface area contributed by atoms with E-state index in [0.29, 0.717) is 45.7 Å². The molecule has 2 fully saturated rings. The van der Waals surface area contributed by atoms with Crippen molar-refractivity contribution in [1.29, 1.82) is 0 Å². The Morgan fingerprint density at radius 1 is 1.08 bits per heavy atom. The van der Waals surface area contributed by atoms with Crippen LogP contribution < -0.4 is 0 Å². The molecule has 2 aliphatic rings. The number of morpholine rings is 1. The number of carbonyl (C=O) groups excluding carboxylic acids is 1. The number of benzene rings is 1. The molecule has 0 radical (unpaired) electrons. The first-order valence-electron chi connectivity index (χ1n) is 7.74. The summed E-state index contributed by atoms with van der Waals surface area (Å²) in [6.07, 6.45) is 1.16. The van der Waals surface area contributed by atoms with Crippen LogP contribution in [0.2, 0.25) is 10.0 Å². The van der Waals surface area contributed by atoms with Gasteiger partial charge in [0, 0.05) is 29.7 Å². The lowest BCUT2D eigenvalue weighted by molar-refractivity contribution is -0.138. The zero-order chi connectivity index (χ0) is 17.3. The quantitative estimate of drug-likeness (QED) is 0.788. The van der Waals surface area contributed by atoms with Crippen LogP contribution in [0.15, 0.2) is 23.1 Å². The highest BCUT2D eigenvalue weighted by atomic mass is 35.5. The summed E-state index contributed by atoms with van der Waals surface area (Å²) >= 11 is 11.9. The van der Waals surface area contributed by atoms with E-state index in [0.717, 1.165) is 0 Å². The average molecular weight is 393 g/mol. The summed E-state index contributed by atoms with van der Waals surface area (Å²) in [4.78, 5) is 14.4. The molecule has 2 aliphatic heterocycles. The van der Waals surface area contributed by atoms with Crippen molar-refractivity contribution >= 4 is 39.1 Å². The fourth-order valence-electron chi connectivity index (χ4n) is 3.08. The average Bonchev–Trinajstić information content (AvgIpc) is 3.04. The number of halogens is 2. The lowest BCUT2D eigenvalue weighted by Gasteiger charge is -2.32. The van der Waals surface area contributed by atoms with Crippen molar-refractivity contribution in [1.82, 2.24) is 9.21 Å². The predicted octanol–water partition coefficient (Wildman–Crippen LogP) is 2.01. The number of rotatable bonds is 3. The second kappa shape index (κ2) is 7.17. The molecule has 1 aromatic carbocycles. The zero-order valence-corrected chi connectivity index (χ0v) is 15.3. The van der Waals surface area contributed by atoms with Gasteiger partial charge < -0.3 is 9.64 Å². The summed E-state index contributed by atoms with van der Waals surface area (Å²) in [6, 6.07) is 3.52. The molecule has 1 aromatic rings. The summed E-state index contributed by atoms with van der Waals surface area (Å²) in [7, 11) is -3.83. The minimum Gasteiger partial charge on any atom is -0.378 e. The minimum absolute atomic E-state index is 0.0154.